The molecule has 0 aliphatic rings. The Labute approximate surface area is 269 Å². The van der Waals surface area contributed by atoms with E-state index in [1.807, 2.05) is 43.3 Å². The van der Waals surface area contributed by atoms with Crippen LogP contribution in [0.2, 0.25) is 0 Å². The predicted octanol–water partition coefficient (Wildman–Crippen LogP) is 6.17. The molecule has 0 saturated heterocycles. The zero-order chi connectivity index (χ0) is 33.1. The quantitative estimate of drug-likeness (QED) is 0.121. The number of rotatable bonds is 14. The van der Waals surface area contributed by atoms with Crippen molar-refractivity contribution in [1.82, 2.24) is 10.6 Å². The normalized spacial score (nSPS) is 14.2. The SMILES string of the molecule is Cc1ccc(C(NC(=O)OCc2ccccc2)P(=O)(O)CC(Cc2ccccc2)C(=O)N[C@@H](Cc2ccccc2)C(=O)O)c(C)c1. The number of alkyl carbamates (subject to hydrolysis) is 1. The summed E-state index contributed by atoms with van der Waals surface area (Å²) in [5.74, 6) is -4.38. The molecule has 0 radical (unpaired) electrons. The highest BCUT2D eigenvalue weighted by Crippen LogP contribution is 2.56. The van der Waals surface area contributed by atoms with Crippen molar-refractivity contribution in [2.45, 2.75) is 45.1 Å². The zero-order valence-electron chi connectivity index (χ0n) is 25.8. The first-order valence-electron chi connectivity index (χ1n) is 15.0. The number of nitrogens with one attached hydrogen (secondary N) is 2. The maximum atomic E-state index is 14.4. The first kappa shape index (κ1) is 34.2. The number of benzene rings is 4. The fourth-order valence-electron chi connectivity index (χ4n) is 5.30. The largest absolute Gasteiger partial charge is 0.480 e. The second-order valence-electron chi connectivity index (χ2n) is 11.4. The van der Waals surface area contributed by atoms with Crippen LogP contribution in [0.3, 0.4) is 0 Å². The molecule has 0 spiro atoms. The maximum absolute atomic E-state index is 14.4. The van der Waals surface area contributed by atoms with Crippen LogP contribution >= 0.6 is 7.37 Å². The number of ether oxygens (including phenoxy) is 1. The molecule has 4 aromatic rings. The molecule has 0 saturated carbocycles. The van der Waals surface area contributed by atoms with Gasteiger partial charge in [-0.2, -0.15) is 0 Å². The molecule has 2 amide bonds. The summed E-state index contributed by atoms with van der Waals surface area (Å²) in [4.78, 5) is 50.7. The summed E-state index contributed by atoms with van der Waals surface area (Å²) in [7, 11) is -4.42. The van der Waals surface area contributed by atoms with E-state index in [0.717, 1.165) is 22.3 Å². The number of aryl methyl sites for hydroxylation is 2. The van der Waals surface area contributed by atoms with Crippen molar-refractivity contribution in [1.29, 1.82) is 0 Å². The van der Waals surface area contributed by atoms with Crippen LogP contribution in [0.1, 0.15) is 39.2 Å². The van der Waals surface area contributed by atoms with E-state index in [1.165, 1.54) is 0 Å². The molecule has 0 heterocycles. The Morgan fingerprint density at radius 3 is 1.85 bits per heavy atom. The van der Waals surface area contributed by atoms with Crippen LogP contribution in [0.25, 0.3) is 0 Å². The highest BCUT2D eigenvalue weighted by molar-refractivity contribution is 7.58. The van der Waals surface area contributed by atoms with Crippen LogP contribution in [0.15, 0.2) is 109 Å². The number of amides is 2. The third-order valence-electron chi connectivity index (χ3n) is 7.67. The summed E-state index contributed by atoms with van der Waals surface area (Å²) in [5.41, 5.74) is 4.22. The monoisotopic (exact) mass is 642 g/mol. The number of hydrogen-bond acceptors (Lipinski definition) is 5. The molecule has 0 aromatic heterocycles. The van der Waals surface area contributed by atoms with Crippen molar-refractivity contribution >= 4 is 25.3 Å². The van der Waals surface area contributed by atoms with Crippen LogP contribution in [-0.4, -0.2) is 40.2 Å². The van der Waals surface area contributed by atoms with Crippen LogP contribution in [0.5, 0.6) is 0 Å². The van der Waals surface area contributed by atoms with Crippen LogP contribution < -0.4 is 10.6 Å². The molecule has 3 unspecified atom stereocenters. The molecule has 4 rings (SSSR count). The van der Waals surface area contributed by atoms with Gasteiger partial charge in [0.2, 0.25) is 13.3 Å². The summed E-state index contributed by atoms with van der Waals surface area (Å²) in [6.45, 7) is 3.63. The Hall–Kier alpha value is -4.72. The molecule has 0 aliphatic carbocycles. The van der Waals surface area contributed by atoms with Gasteiger partial charge >= 0.3 is 12.1 Å². The van der Waals surface area contributed by atoms with Crippen molar-refractivity contribution in [2.24, 2.45) is 5.92 Å². The Balaban J connectivity index is 1.62. The van der Waals surface area contributed by atoms with Gasteiger partial charge in [0.05, 0.1) is 5.92 Å². The molecule has 0 aliphatic heterocycles. The van der Waals surface area contributed by atoms with Crippen molar-refractivity contribution in [3.05, 3.63) is 143 Å². The standard InChI is InChI=1S/C36H39N2O7P/c1-25-18-19-31(26(2)20-25)34(38-36(42)45-23-29-16-10-5-11-17-29)46(43,44)24-30(21-27-12-6-3-7-13-27)33(39)37-32(35(40)41)22-28-14-8-4-9-15-28/h3-20,30,32,34H,21-24H2,1-2H3,(H,37,39)(H,38,42)(H,40,41)(H,43,44)/t30?,32-,34?/m0/s1. The predicted molar refractivity (Wildman–Crippen MR) is 176 cm³/mol. The molecule has 0 bridgehead atoms. The summed E-state index contributed by atoms with van der Waals surface area (Å²) >= 11 is 0. The highest BCUT2D eigenvalue weighted by Gasteiger charge is 2.40. The van der Waals surface area contributed by atoms with Gasteiger partial charge in [-0.05, 0) is 48.1 Å². The molecule has 4 N–H and O–H groups in total. The number of carboxylic acids is 1. The third kappa shape index (κ3) is 9.89. The Kier molecular flexibility index (Phi) is 11.9. The van der Waals surface area contributed by atoms with E-state index in [1.54, 1.807) is 79.7 Å². The zero-order valence-corrected chi connectivity index (χ0v) is 26.7. The van der Waals surface area contributed by atoms with E-state index in [2.05, 4.69) is 10.6 Å². The van der Waals surface area contributed by atoms with Gasteiger partial charge in [-0.3, -0.25) is 9.36 Å². The second kappa shape index (κ2) is 16.0. The molecule has 46 heavy (non-hydrogen) atoms. The molecular formula is C36H39N2O7P. The third-order valence-corrected chi connectivity index (χ3v) is 9.84. The average Bonchev–Trinajstić information content (AvgIpc) is 3.03. The molecular weight excluding hydrogens is 603 g/mol. The molecule has 9 nitrogen and oxygen atoms in total. The first-order valence-corrected chi connectivity index (χ1v) is 16.9. The first-order chi connectivity index (χ1) is 22.0. The van der Waals surface area contributed by atoms with Crippen molar-refractivity contribution in [2.75, 3.05) is 6.16 Å². The van der Waals surface area contributed by atoms with Gasteiger partial charge in [-0.1, -0.05) is 115 Å². The van der Waals surface area contributed by atoms with Gasteiger partial charge < -0.3 is 25.4 Å². The van der Waals surface area contributed by atoms with Crippen LogP contribution in [-0.2, 0) is 38.3 Å². The number of aliphatic carboxylic acids is 1. The Bertz CT molecular complexity index is 1670. The van der Waals surface area contributed by atoms with E-state index < -0.39 is 49.2 Å². The van der Waals surface area contributed by atoms with Crippen molar-refractivity contribution in [3.63, 3.8) is 0 Å². The van der Waals surface area contributed by atoms with Gasteiger partial charge in [0.25, 0.3) is 0 Å². The van der Waals surface area contributed by atoms with Crippen LogP contribution in [0, 0.1) is 19.8 Å². The summed E-state index contributed by atoms with van der Waals surface area (Å²) in [6.07, 6.45) is -1.30. The minimum Gasteiger partial charge on any atom is -0.480 e. The average molecular weight is 643 g/mol. The number of carbonyl (C=O) groups excluding carboxylic acids is 2. The lowest BCUT2D eigenvalue weighted by Crippen LogP contribution is -2.46. The van der Waals surface area contributed by atoms with Crippen molar-refractivity contribution < 1.29 is 33.7 Å². The minimum absolute atomic E-state index is 0.0384. The summed E-state index contributed by atoms with van der Waals surface area (Å²) in [5, 5.41) is 15.1. The fourth-order valence-corrected chi connectivity index (χ4v) is 7.47. The molecule has 4 aromatic carbocycles. The Morgan fingerprint density at radius 1 is 0.761 bits per heavy atom. The summed E-state index contributed by atoms with van der Waals surface area (Å²) < 4.78 is 19.8. The topological polar surface area (TPSA) is 142 Å². The molecule has 240 valence electrons. The number of carboxylic acid groups (broad SMARTS) is 1. The second-order valence-corrected chi connectivity index (χ2v) is 13.8. The van der Waals surface area contributed by atoms with Gasteiger partial charge in [-0.15, -0.1) is 0 Å². The maximum Gasteiger partial charge on any atom is 0.408 e. The molecule has 4 atom stereocenters. The lowest BCUT2D eigenvalue weighted by Gasteiger charge is -2.29. The van der Waals surface area contributed by atoms with E-state index in [9.17, 15) is 28.9 Å². The molecule has 10 heteroatoms. The number of carbonyl (C=O) groups is 3. The van der Waals surface area contributed by atoms with E-state index in [-0.39, 0.29) is 19.4 Å². The van der Waals surface area contributed by atoms with Gasteiger partial charge in [0.1, 0.15) is 18.4 Å². The Morgan fingerprint density at radius 2 is 1.30 bits per heavy atom. The smallest absolute Gasteiger partial charge is 0.408 e. The fraction of sp³-hybridized carbons (Fsp3) is 0.250. The van der Waals surface area contributed by atoms with Crippen molar-refractivity contribution in [3.8, 4) is 0 Å². The van der Waals surface area contributed by atoms with Gasteiger partial charge in [0, 0.05) is 12.6 Å². The van der Waals surface area contributed by atoms with E-state index in [0.29, 0.717) is 11.1 Å². The minimum atomic E-state index is -4.42. The lowest BCUT2D eigenvalue weighted by atomic mass is 9.99. The van der Waals surface area contributed by atoms with E-state index >= 15 is 0 Å². The highest BCUT2D eigenvalue weighted by atomic mass is 31.2. The number of hydrogen-bond donors (Lipinski definition) is 4. The van der Waals surface area contributed by atoms with Gasteiger partial charge in [-0.25, -0.2) is 9.59 Å². The molecule has 0 fully saturated rings. The summed E-state index contributed by atoms with van der Waals surface area (Å²) in [6, 6.07) is 31.0. The van der Waals surface area contributed by atoms with E-state index in [4.69, 9.17) is 4.74 Å². The van der Waals surface area contributed by atoms with Gasteiger partial charge in [0.15, 0.2) is 0 Å². The van der Waals surface area contributed by atoms with Crippen LogP contribution in [0.4, 0.5) is 4.79 Å². The lowest BCUT2D eigenvalue weighted by molar-refractivity contribution is -0.142.